The summed E-state index contributed by atoms with van der Waals surface area (Å²) < 4.78 is 5.34. The van der Waals surface area contributed by atoms with Crippen molar-refractivity contribution < 1.29 is 4.74 Å². The van der Waals surface area contributed by atoms with Crippen LogP contribution in [0.15, 0.2) is 12.1 Å². The minimum absolute atomic E-state index is 0.691. The van der Waals surface area contributed by atoms with Gasteiger partial charge >= 0.3 is 0 Å². The predicted molar refractivity (Wildman–Crippen MR) is 64.8 cm³/mol. The summed E-state index contributed by atoms with van der Waals surface area (Å²) in [5, 5.41) is 0.824. The predicted octanol–water partition coefficient (Wildman–Crippen LogP) is 2.80. The molecule has 0 amide bonds. The van der Waals surface area contributed by atoms with Crippen LogP contribution in [0.1, 0.15) is 24.5 Å². The van der Waals surface area contributed by atoms with Crippen LogP contribution in [0.5, 0.6) is 5.75 Å². The van der Waals surface area contributed by atoms with Crippen LogP contribution in [-0.4, -0.2) is 13.7 Å². The molecule has 1 rings (SSSR count). The van der Waals surface area contributed by atoms with E-state index in [1.54, 1.807) is 7.11 Å². The van der Waals surface area contributed by atoms with Crippen molar-refractivity contribution in [2.24, 2.45) is 5.73 Å². The second kappa shape index (κ2) is 5.99. The molecule has 1 aromatic rings. The lowest BCUT2D eigenvalue weighted by molar-refractivity contribution is 0.408. The van der Waals surface area contributed by atoms with Gasteiger partial charge in [-0.25, -0.2) is 0 Å². The van der Waals surface area contributed by atoms with Crippen LogP contribution < -0.4 is 10.5 Å². The van der Waals surface area contributed by atoms with Crippen molar-refractivity contribution in [1.82, 2.24) is 0 Å². The summed E-state index contributed by atoms with van der Waals surface area (Å²) >= 11 is 6.15. The fraction of sp³-hybridized carbons (Fsp3) is 0.500. The Kier molecular flexibility index (Phi) is 4.92. The van der Waals surface area contributed by atoms with Crippen molar-refractivity contribution in [3.63, 3.8) is 0 Å². The van der Waals surface area contributed by atoms with Gasteiger partial charge in [-0.15, -0.1) is 0 Å². The lowest BCUT2D eigenvalue weighted by Gasteiger charge is -2.11. The van der Waals surface area contributed by atoms with Crippen molar-refractivity contribution in [2.75, 3.05) is 13.7 Å². The van der Waals surface area contributed by atoms with Crippen molar-refractivity contribution in [3.8, 4) is 5.75 Å². The molecule has 0 unspecified atom stereocenters. The van der Waals surface area contributed by atoms with E-state index in [-0.39, 0.29) is 0 Å². The average molecular weight is 228 g/mol. The molecule has 0 aromatic heterocycles. The molecule has 0 radical (unpaired) electrons. The van der Waals surface area contributed by atoms with Gasteiger partial charge < -0.3 is 10.5 Å². The van der Waals surface area contributed by atoms with E-state index < -0.39 is 0 Å². The summed E-state index contributed by atoms with van der Waals surface area (Å²) in [4.78, 5) is 0. The Balaban J connectivity index is 2.98. The maximum Gasteiger partial charge on any atom is 0.122 e. The Morgan fingerprint density at radius 2 is 2.07 bits per heavy atom. The molecule has 0 aliphatic carbocycles. The molecule has 0 aliphatic rings. The third-order valence-corrected chi connectivity index (χ3v) is 2.83. The number of nitrogens with two attached hydrogens (primary N) is 1. The van der Waals surface area contributed by atoms with E-state index in [4.69, 9.17) is 22.1 Å². The van der Waals surface area contributed by atoms with Crippen molar-refractivity contribution >= 4 is 11.6 Å². The monoisotopic (exact) mass is 227 g/mol. The van der Waals surface area contributed by atoms with Crippen molar-refractivity contribution in [1.29, 1.82) is 0 Å². The largest absolute Gasteiger partial charge is 0.496 e. The molecule has 84 valence electrons. The smallest absolute Gasteiger partial charge is 0.122 e. The molecule has 3 heteroatoms. The van der Waals surface area contributed by atoms with Crippen LogP contribution in [-0.2, 0) is 12.8 Å². The number of hydrogen-bond acceptors (Lipinski definition) is 2. The Hall–Kier alpha value is -0.730. The fourth-order valence-corrected chi connectivity index (χ4v) is 1.91. The van der Waals surface area contributed by atoms with E-state index in [2.05, 4.69) is 6.92 Å². The van der Waals surface area contributed by atoms with Crippen LogP contribution in [0, 0.1) is 0 Å². The maximum atomic E-state index is 6.15. The summed E-state index contributed by atoms with van der Waals surface area (Å²) in [6.07, 6.45) is 2.80. The molecule has 0 spiro atoms. The summed E-state index contributed by atoms with van der Waals surface area (Å²) in [5.74, 6) is 0.921. The van der Waals surface area contributed by atoms with E-state index in [0.717, 1.165) is 41.2 Å². The van der Waals surface area contributed by atoms with Crippen molar-refractivity contribution in [2.45, 2.75) is 26.2 Å². The zero-order valence-corrected chi connectivity index (χ0v) is 10.1. The highest BCUT2D eigenvalue weighted by Crippen LogP contribution is 2.28. The van der Waals surface area contributed by atoms with Gasteiger partial charge in [0.15, 0.2) is 0 Å². The first-order valence-corrected chi connectivity index (χ1v) is 5.66. The quantitative estimate of drug-likeness (QED) is 0.840. The first-order chi connectivity index (χ1) is 7.22. The molecule has 0 atom stereocenters. The molecule has 0 heterocycles. The molecule has 0 saturated carbocycles. The number of ether oxygens (including phenoxy) is 1. The highest BCUT2D eigenvalue weighted by molar-refractivity contribution is 6.31. The zero-order chi connectivity index (χ0) is 11.3. The van der Waals surface area contributed by atoms with Gasteiger partial charge in [0.05, 0.1) is 7.11 Å². The van der Waals surface area contributed by atoms with E-state index in [1.165, 1.54) is 0 Å². The standard InChI is InChI=1S/C12H18ClNO/c1-3-9-8-12(15-2)10(5-4-6-14)7-11(9)13/h7-8H,3-6,14H2,1-2H3. The first kappa shape index (κ1) is 12.3. The third kappa shape index (κ3) is 3.11. The molecule has 15 heavy (non-hydrogen) atoms. The summed E-state index contributed by atoms with van der Waals surface area (Å²) in [7, 11) is 1.69. The van der Waals surface area contributed by atoms with Crippen LogP contribution in [0.25, 0.3) is 0 Å². The molecular weight excluding hydrogens is 210 g/mol. The molecule has 0 saturated heterocycles. The Labute approximate surface area is 96.4 Å². The molecule has 0 bridgehead atoms. The number of methoxy groups -OCH3 is 1. The fourth-order valence-electron chi connectivity index (χ4n) is 1.59. The van der Waals surface area contributed by atoms with Gasteiger partial charge in [0.1, 0.15) is 5.75 Å². The molecule has 0 aliphatic heterocycles. The number of benzene rings is 1. The zero-order valence-electron chi connectivity index (χ0n) is 9.35. The molecule has 2 N–H and O–H groups in total. The topological polar surface area (TPSA) is 35.2 Å². The van der Waals surface area contributed by atoms with Gasteiger partial charge in [-0.05, 0) is 49.1 Å². The molecule has 2 nitrogen and oxygen atoms in total. The Bertz CT molecular complexity index is 326. The summed E-state index contributed by atoms with van der Waals surface area (Å²) in [5.41, 5.74) is 7.76. The van der Waals surface area contributed by atoms with Gasteiger partial charge in [-0.2, -0.15) is 0 Å². The summed E-state index contributed by atoms with van der Waals surface area (Å²) in [6.45, 7) is 2.77. The molecule has 1 aromatic carbocycles. The van der Waals surface area contributed by atoms with Crippen LogP contribution >= 0.6 is 11.6 Å². The van der Waals surface area contributed by atoms with Gasteiger partial charge in [-0.3, -0.25) is 0 Å². The molecular formula is C12H18ClNO. The SMILES string of the molecule is CCc1cc(OC)c(CCCN)cc1Cl. The van der Waals surface area contributed by atoms with E-state index in [9.17, 15) is 0 Å². The number of rotatable bonds is 5. The van der Waals surface area contributed by atoms with Crippen LogP contribution in [0.4, 0.5) is 0 Å². The average Bonchev–Trinajstić information content (AvgIpc) is 2.26. The van der Waals surface area contributed by atoms with Crippen molar-refractivity contribution in [3.05, 3.63) is 28.3 Å². The normalized spacial score (nSPS) is 10.4. The minimum Gasteiger partial charge on any atom is -0.496 e. The third-order valence-electron chi connectivity index (χ3n) is 2.48. The maximum absolute atomic E-state index is 6.15. The van der Waals surface area contributed by atoms with Gasteiger partial charge in [-0.1, -0.05) is 18.5 Å². The second-order valence-corrected chi connectivity index (χ2v) is 3.91. The Morgan fingerprint density at radius 3 is 2.60 bits per heavy atom. The first-order valence-electron chi connectivity index (χ1n) is 5.28. The second-order valence-electron chi connectivity index (χ2n) is 3.50. The lowest BCUT2D eigenvalue weighted by atomic mass is 10.0. The minimum atomic E-state index is 0.691. The van der Waals surface area contributed by atoms with Gasteiger partial charge in [0.2, 0.25) is 0 Å². The van der Waals surface area contributed by atoms with E-state index >= 15 is 0 Å². The molecule has 0 fully saturated rings. The van der Waals surface area contributed by atoms with E-state index in [0.29, 0.717) is 6.54 Å². The van der Waals surface area contributed by atoms with Gasteiger partial charge in [0.25, 0.3) is 0 Å². The van der Waals surface area contributed by atoms with Crippen LogP contribution in [0.2, 0.25) is 5.02 Å². The Morgan fingerprint density at radius 1 is 1.33 bits per heavy atom. The number of halogens is 1. The highest BCUT2D eigenvalue weighted by atomic mass is 35.5. The lowest BCUT2D eigenvalue weighted by Crippen LogP contribution is -2.02. The highest BCUT2D eigenvalue weighted by Gasteiger charge is 2.07. The van der Waals surface area contributed by atoms with Gasteiger partial charge in [0, 0.05) is 5.02 Å². The summed E-state index contributed by atoms with van der Waals surface area (Å²) in [6, 6.07) is 4.02. The number of aryl methyl sites for hydroxylation is 2. The van der Waals surface area contributed by atoms with E-state index in [1.807, 2.05) is 12.1 Å². The van der Waals surface area contributed by atoms with Crippen LogP contribution in [0.3, 0.4) is 0 Å². The number of hydrogen-bond donors (Lipinski definition) is 1.